The van der Waals surface area contributed by atoms with Crippen LogP contribution in [0.5, 0.6) is 0 Å². The van der Waals surface area contributed by atoms with E-state index in [0.717, 1.165) is 5.56 Å². The third kappa shape index (κ3) is 2.92. The van der Waals surface area contributed by atoms with Crippen molar-refractivity contribution in [1.29, 1.82) is 0 Å². The SMILES string of the molecule is COC(=O)C(C)C1CCC(=O)N1Cc1cccnc1. The van der Waals surface area contributed by atoms with Crippen LogP contribution >= 0.6 is 0 Å². The number of methoxy groups -OCH3 is 1. The van der Waals surface area contributed by atoms with Gasteiger partial charge in [-0.1, -0.05) is 6.07 Å². The molecule has 0 aliphatic carbocycles. The number of ether oxygens (including phenoxy) is 1. The van der Waals surface area contributed by atoms with Crippen molar-refractivity contribution in [2.45, 2.75) is 32.4 Å². The summed E-state index contributed by atoms with van der Waals surface area (Å²) in [5.41, 5.74) is 0.972. The number of hydrogen-bond donors (Lipinski definition) is 0. The van der Waals surface area contributed by atoms with Gasteiger partial charge in [0.2, 0.25) is 5.91 Å². The molecule has 19 heavy (non-hydrogen) atoms. The van der Waals surface area contributed by atoms with Crippen molar-refractivity contribution in [1.82, 2.24) is 9.88 Å². The average Bonchev–Trinajstić information content (AvgIpc) is 2.80. The molecule has 1 fully saturated rings. The number of esters is 1. The van der Waals surface area contributed by atoms with Gasteiger partial charge in [0, 0.05) is 31.4 Å². The van der Waals surface area contributed by atoms with E-state index in [2.05, 4.69) is 4.98 Å². The van der Waals surface area contributed by atoms with Crippen LogP contribution in [0.3, 0.4) is 0 Å². The largest absolute Gasteiger partial charge is 0.469 e. The van der Waals surface area contributed by atoms with Crippen molar-refractivity contribution in [3.05, 3.63) is 30.1 Å². The summed E-state index contributed by atoms with van der Waals surface area (Å²) in [6.45, 7) is 2.31. The second-order valence-corrected chi connectivity index (χ2v) is 4.80. The molecule has 1 aromatic heterocycles. The zero-order chi connectivity index (χ0) is 13.8. The Hall–Kier alpha value is -1.91. The predicted molar refractivity (Wildman–Crippen MR) is 69.0 cm³/mol. The maximum Gasteiger partial charge on any atom is 0.310 e. The highest BCUT2D eigenvalue weighted by atomic mass is 16.5. The van der Waals surface area contributed by atoms with Crippen molar-refractivity contribution in [3.63, 3.8) is 0 Å². The molecule has 1 amide bonds. The standard InChI is InChI=1S/C14H18N2O3/c1-10(14(18)19-2)12-5-6-13(17)16(12)9-11-4-3-7-15-8-11/h3-4,7-8,10,12H,5-6,9H2,1-2H3. The molecule has 2 rings (SSSR count). The van der Waals surface area contributed by atoms with Crippen LogP contribution in [0.1, 0.15) is 25.3 Å². The maximum atomic E-state index is 12.0. The van der Waals surface area contributed by atoms with Crippen molar-refractivity contribution in [2.75, 3.05) is 7.11 Å². The Morgan fingerprint density at radius 2 is 2.42 bits per heavy atom. The van der Waals surface area contributed by atoms with E-state index in [9.17, 15) is 9.59 Å². The van der Waals surface area contributed by atoms with Crippen molar-refractivity contribution >= 4 is 11.9 Å². The van der Waals surface area contributed by atoms with Gasteiger partial charge in [-0.05, 0) is 25.0 Å². The first-order valence-electron chi connectivity index (χ1n) is 6.39. The Bertz CT molecular complexity index is 461. The zero-order valence-corrected chi connectivity index (χ0v) is 11.2. The quantitative estimate of drug-likeness (QED) is 0.769. The molecule has 5 nitrogen and oxygen atoms in total. The average molecular weight is 262 g/mol. The number of nitrogens with zero attached hydrogens (tertiary/aromatic N) is 2. The summed E-state index contributed by atoms with van der Waals surface area (Å²) >= 11 is 0. The first-order chi connectivity index (χ1) is 9.13. The van der Waals surface area contributed by atoms with E-state index >= 15 is 0 Å². The smallest absolute Gasteiger partial charge is 0.310 e. The number of aromatic nitrogens is 1. The van der Waals surface area contributed by atoms with Crippen LogP contribution in [0.25, 0.3) is 0 Å². The summed E-state index contributed by atoms with van der Waals surface area (Å²) in [7, 11) is 1.38. The second-order valence-electron chi connectivity index (χ2n) is 4.80. The molecular formula is C14H18N2O3. The minimum atomic E-state index is -0.298. The summed E-state index contributed by atoms with van der Waals surface area (Å²) in [6.07, 6.45) is 4.64. The second kappa shape index (κ2) is 5.82. The van der Waals surface area contributed by atoms with Crippen LogP contribution in [0.15, 0.2) is 24.5 Å². The predicted octanol–water partition coefficient (Wildman–Crippen LogP) is 1.38. The van der Waals surface area contributed by atoms with Crippen LogP contribution in [-0.4, -0.2) is 34.9 Å². The highest BCUT2D eigenvalue weighted by Crippen LogP contribution is 2.27. The molecule has 1 aromatic rings. The highest BCUT2D eigenvalue weighted by Gasteiger charge is 2.37. The molecule has 1 aliphatic rings. The van der Waals surface area contributed by atoms with E-state index in [1.165, 1.54) is 7.11 Å². The van der Waals surface area contributed by atoms with Gasteiger partial charge in [-0.15, -0.1) is 0 Å². The van der Waals surface area contributed by atoms with Crippen LogP contribution in [-0.2, 0) is 20.9 Å². The molecule has 0 bridgehead atoms. The van der Waals surface area contributed by atoms with Crippen molar-refractivity contribution in [2.24, 2.45) is 5.92 Å². The lowest BCUT2D eigenvalue weighted by Gasteiger charge is -2.28. The topological polar surface area (TPSA) is 59.5 Å². The fraction of sp³-hybridized carbons (Fsp3) is 0.500. The van der Waals surface area contributed by atoms with Crippen molar-refractivity contribution in [3.8, 4) is 0 Å². The van der Waals surface area contributed by atoms with Gasteiger partial charge in [0.1, 0.15) is 0 Å². The molecule has 2 heterocycles. The summed E-state index contributed by atoms with van der Waals surface area (Å²) in [6, 6.07) is 3.69. The van der Waals surface area contributed by atoms with Gasteiger partial charge in [0.15, 0.2) is 0 Å². The number of likely N-dealkylation sites (tertiary alicyclic amines) is 1. The normalized spacial score (nSPS) is 20.4. The fourth-order valence-electron chi connectivity index (χ4n) is 2.51. The Balaban J connectivity index is 2.12. The first-order valence-corrected chi connectivity index (χ1v) is 6.39. The van der Waals surface area contributed by atoms with Gasteiger partial charge >= 0.3 is 5.97 Å². The number of amides is 1. The molecule has 2 unspecified atom stereocenters. The molecule has 5 heteroatoms. The Labute approximate surface area is 112 Å². The number of hydrogen-bond acceptors (Lipinski definition) is 4. The third-order valence-corrected chi connectivity index (χ3v) is 3.60. The molecule has 0 saturated carbocycles. The van der Waals surface area contributed by atoms with E-state index in [-0.39, 0.29) is 23.8 Å². The minimum Gasteiger partial charge on any atom is -0.469 e. The lowest BCUT2D eigenvalue weighted by molar-refractivity contribution is -0.147. The molecule has 1 aliphatic heterocycles. The monoisotopic (exact) mass is 262 g/mol. The third-order valence-electron chi connectivity index (χ3n) is 3.60. The number of carbonyl (C=O) groups excluding carboxylic acids is 2. The molecule has 0 aromatic carbocycles. The zero-order valence-electron chi connectivity index (χ0n) is 11.2. The van der Waals surface area contributed by atoms with Gasteiger partial charge < -0.3 is 9.64 Å². The summed E-state index contributed by atoms with van der Waals surface area (Å²) < 4.78 is 4.77. The van der Waals surface area contributed by atoms with Gasteiger partial charge in [-0.25, -0.2) is 0 Å². The molecule has 0 spiro atoms. The van der Waals surface area contributed by atoms with E-state index in [4.69, 9.17) is 4.74 Å². The van der Waals surface area contributed by atoms with E-state index < -0.39 is 0 Å². The van der Waals surface area contributed by atoms with Gasteiger partial charge in [-0.2, -0.15) is 0 Å². The summed E-state index contributed by atoms with van der Waals surface area (Å²) in [4.78, 5) is 29.4. The van der Waals surface area contributed by atoms with E-state index in [0.29, 0.717) is 19.4 Å². The Morgan fingerprint density at radius 1 is 1.63 bits per heavy atom. The summed E-state index contributed by atoms with van der Waals surface area (Å²) in [5.74, 6) is -0.478. The molecular weight excluding hydrogens is 244 g/mol. The van der Waals surface area contributed by atoms with Crippen LogP contribution in [0.4, 0.5) is 0 Å². The maximum absolute atomic E-state index is 12.0. The molecule has 0 radical (unpaired) electrons. The van der Waals surface area contributed by atoms with Gasteiger partial charge in [0.05, 0.1) is 13.0 Å². The molecule has 1 saturated heterocycles. The lowest BCUT2D eigenvalue weighted by Crippen LogP contribution is -2.40. The number of carbonyl (C=O) groups is 2. The van der Waals surface area contributed by atoms with Gasteiger partial charge in [0.25, 0.3) is 0 Å². The van der Waals surface area contributed by atoms with Crippen LogP contribution in [0, 0.1) is 5.92 Å². The summed E-state index contributed by atoms with van der Waals surface area (Å²) in [5, 5.41) is 0. The highest BCUT2D eigenvalue weighted by molar-refractivity contribution is 5.81. The van der Waals surface area contributed by atoms with Crippen LogP contribution < -0.4 is 0 Å². The van der Waals surface area contributed by atoms with Crippen molar-refractivity contribution < 1.29 is 14.3 Å². The molecule has 2 atom stereocenters. The fourth-order valence-corrected chi connectivity index (χ4v) is 2.51. The first kappa shape index (κ1) is 13.5. The van der Waals surface area contributed by atoms with E-state index in [1.807, 2.05) is 19.1 Å². The van der Waals surface area contributed by atoms with E-state index in [1.54, 1.807) is 17.3 Å². The van der Waals surface area contributed by atoms with Gasteiger partial charge in [-0.3, -0.25) is 14.6 Å². The minimum absolute atomic E-state index is 0.0832. The van der Waals surface area contributed by atoms with Crippen LogP contribution in [0.2, 0.25) is 0 Å². The number of rotatable bonds is 4. The molecule has 102 valence electrons. The number of pyridine rings is 1. The Kier molecular flexibility index (Phi) is 4.14. The molecule has 0 N–H and O–H groups in total. The Morgan fingerprint density at radius 3 is 3.05 bits per heavy atom. The lowest BCUT2D eigenvalue weighted by atomic mass is 9.99.